The fourth-order valence-electron chi connectivity index (χ4n) is 1.64. The molecule has 0 bridgehead atoms. The van der Waals surface area contributed by atoms with Gasteiger partial charge in [0.15, 0.2) is 0 Å². The van der Waals surface area contributed by atoms with Gasteiger partial charge in [-0.1, -0.05) is 32.2 Å². The number of nitrogens with zero attached hydrogens (tertiary/aromatic N) is 2. The normalized spacial score (nSPS) is 13.9. The molecule has 0 unspecified atom stereocenters. The zero-order valence-electron chi connectivity index (χ0n) is 15.0. The Morgan fingerprint density at radius 3 is 2.50 bits per heavy atom. The van der Waals surface area contributed by atoms with Gasteiger partial charge < -0.3 is 13.8 Å². The number of thioether (sulfide) groups is 1. The Bertz CT molecular complexity index is 547. The van der Waals surface area contributed by atoms with E-state index in [-0.39, 0.29) is 0 Å². The number of hydrogen-bond acceptors (Lipinski definition) is 8. The summed E-state index contributed by atoms with van der Waals surface area (Å²) in [5.74, 6) is 0.930. The zero-order chi connectivity index (χ0) is 18.0. The number of aromatic nitrogens is 2. The lowest BCUT2D eigenvalue weighted by molar-refractivity contribution is 0.254. The second-order valence-corrected chi connectivity index (χ2v) is 13.1. The van der Waals surface area contributed by atoms with Crippen molar-refractivity contribution in [3.8, 4) is 6.01 Å². The van der Waals surface area contributed by atoms with Gasteiger partial charge in [0.25, 0.3) is 0 Å². The van der Waals surface area contributed by atoms with E-state index >= 15 is 0 Å². The van der Waals surface area contributed by atoms with Crippen molar-refractivity contribution in [1.29, 1.82) is 0 Å². The highest BCUT2D eigenvalue weighted by Crippen LogP contribution is 2.61. The molecule has 0 aliphatic rings. The summed E-state index contributed by atoms with van der Waals surface area (Å²) in [5, 5.41) is 1.31. The Labute approximate surface area is 159 Å². The summed E-state index contributed by atoms with van der Waals surface area (Å²) in [6, 6.07) is 2.32. The van der Waals surface area contributed by atoms with Crippen molar-refractivity contribution in [3.05, 3.63) is 11.8 Å². The van der Waals surface area contributed by atoms with E-state index in [0.29, 0.717) is 31.1 Å². The van der Waals surface area contributed by atoms with Crippen LogP contribution in [0.3, 0.4) is 0 Å². The van der Waals surface area contributed by atoms with Crippen molar-refractivity contribution in [3.63, 3.8) is 0 Å². The summed E-state index contributed by atoms with van der Waals surface area (Å²) in [5.41, 5.74) is -1.57. The van der Waals surface area contributed by atoms with Crippen LogP contribution >= 0.6 is 28.8 Å². The van der Waals surface area contributed by atoms with Crippen molar-refractivity contribution in [2.75, 3.05) is 19.0 Å². The van der Waals surface area contributed by atoms with E-state index in [4.69, 9.17) is 25.6 Å². The van der Waals surface area contributed by atoms with E-state index in [9.17, 15) is 0 Å². The van der Waals surface area contributed by atoms with Crippen LogP contribution in [0, 0.1) is 0 Å². The van der Waals surface area contributed by atoms with Gasteiger partial charge in [0.1, 0.15) is 5.03 Å². The van der Waals surface area contributed by atoms with Crippen molar-refractivity contribution in [2.24, 2.45) is 0 Å². The van der Waals surface area contributed by atoms with E-state index in [0.717, 1.165) is 22.9 Å². The minimum absolute atomic E-state index is 0.308. The third-order valence-corrected chi connectivity index (χ3v) is 9.04. The predicted molar refractivity (Wildman–Crippen MR) is 108 cm³/mol. The van der Waals surface area contributed by atoms with Crippen LogP contribution in [0.15, 0.2) is 11.1 Å². The van der Waals surface area contributed by atoms with Crippen LogP contribution in [0.1, 0.15) is 46.7 Å². The van der Waals surface area contributed by atoms with Crippen LogP contribution in [-0.4, -0.2) is 34.2 Å². The lowest BCUT2D eigenvalue weighted by Crippen LogP contribution is -2.04. The molecule has 5 nitrogen and oxygen atoms in total. The maximum absolute atomic E-state index is 5.96. The summed E-state index contributed by atoms with van der Waals surface area (Å²) in [7, 11) is 0. The van der Waals surface area contributed by atoms with E-state index in [1.165, 1.54) is 0 Å². The van der Waals surface area contributed by atoms with Crippen molar-refractivity contribution < 1.29 is 13.8 Å². The summed E-state index contributed by atoms with van der Waals surface area (Å²) in [4.78, 5) is 8.82. The molecule has 0 aliphatic carbocycles. The summed E-state index contributed by atoms with van der Waals surface area (Å²) >= 11 is 8.87. The lowest BCUT2D eigenvalue weighted by atomic mass is 10.4. The molecular formula is C15H27N2O3PS3. The molecule has 138 valence electrons. The fraction of sp³-hybridized carbons (Fsp3) is 0.733. The zero-order valence-corrected chi connectivity index (χ0v) is 18.3. The van der Waals surface area contributed by atoms with Crippen molar-refractivity contribution in [2.45, 2.75) is 57.9 Å². The van der Waals surface area contributed by atoms with Gasteiger partial charge in [-0.05, 0) is 38.1 Å². The average molecular weight is 411 g/mol. The van der Waals surface area contributed by atoms with Crippen LogP contribution in [0.25, 0.3) is 0 Å². The molecule has 1 aromatic heterocycles. The van der Waals surface area contributed by atoms with Crippen molar-refractivity contribution in [1.82, 2.24) is 9.97 Å². The van der Waals surface area contributed by atoms with E-state index in [2.05, 4.69) is 30.7 Å². The molecule has 0 saturated heterocycles. The molecule has 1 atom stereocenters. The second kappa shape index (κ2) is 11.7. The maximum atomic E-state index is 5.96. The molecule has 24 heavy (non-hydrogen) atoms. The fourth-order valence-corrected chi connectivity index (χ4v) is 6.98. The molecule has 0 saturated carbocycles. The van der Waals surface area contributed by atoms with Crippen LogP contribution in [0.4, 0.5) is 0 Å². The highest BCUT2D eigenvalue weighted by molar-refractivity contribution is 8.67. The minimum Gasteiger partial charge on any atom is -0.464 e. The Hall–Kier alpha value is 0.150. The molecule has 0 fully saturated rings. The second-order valence-electron chi connectivity index (χ2n) is 5.05. The van der Waals surface area contributed by atoms with Crippen LogP contribution in [0.5, 0.6) is 6.01 Å². The Morgan fingerprint density at radius 2 is 1.92 bits per heavy atom. The van der Waals surface area contributed by atoms with Gasteiger partial charge in [0.05, 0.1) is 25.5 Å². The van der Waals surface area contributed by atoms with Crippen LogP contribution in [-0.2, 0) is 27.5 Å². The summed E-state index contributed by atoms with van der Waals surface area (Å²) in [6.45, 7) is 11.6. The van der Waals surface area contributed by atoms with E-state index < -0.39 is 5.69 Å². The topological polar surface area (TPSA) is 53.5 Å². The number of rotatable bonds is 12. The van der Waals surface area contributed by atoms with E-state index in [1.54, 1.807) is 23.1 Å². The van der Waals surface area contributed by atoms with E-state index in [1.807, 2.05) is 19.9 Å². The summed E-state index contributed by atoms with van der Waals surface area (Å²) in [6.07, 6.45) is 1.04. The van der Waals surface area contributed by atoms with Gasteiger partial charge in [0, 0.05) is 11.0 Å². The molecule has 9 heteroatoms. The summed E-state index contributed by atoms with van der Waals surface area (Å²) < 4.78 is 17.1. The number of hydrogen-bond donors (Lipinski definition) is 0. The molecule has 1 heterocycles. The van der Waals surface area contributed by atoms with Crippen LogP contribution < -0.4 is 4.74 Å². The molecule has 0 amide bonds. The number of ether oxygens (including phenoxy) is 1. The first kappa shape index (κ1) is 22.2. The third kappa shape index (κ3) is 8.50. The van der Waals surface area contributed by atoms with Gasteiger partial charge in [-0.3, -0.25) is 0 Å². The highest BCUT2D eigenvalue weighted by atomic mass is 32.9. The van der Waals surface area contributed by atoms with Crippen LogP contribution in [0.2, 0.25) is 0 Å². The Kier molecular flexibility index (Phi) is 10.8. The van der Waals surface area contributed by atoms with Gasteiger partial charge in [-0.25, -0.2) is 0 Å². The molecule has 0 N–H and O–H groups in total. The molecule has 0 radical (unpaired) electrons. The van der Waals surface area contributed by atoms with Crippen molar-refractivity contribution >= 4 is 40.6 Å². The van der Waals surface area contributed by atoms with Gasteiger partial charge >= 0.3 is 6.01 Å². The SMILES string of the molecule is CCCS[P@@](=S)(OCC)OCc1cc(SC(C)C)nc(OCC)n1. The largest absolute Gasteiger partial charge is 0.464 e. The predicted octanol–water partition coefficient (Wildman–Crippen LogP) is 5.30. The average Bonchev–Trinajstić information content (AvgIpc) is 2.51. The highest BCUT2D eigenvalue weighted by Gasteiger charge is 2.20. The van der Waals surface area contributed by atoms with Gasteiger partial charge in [-0.2, -0.15) is 9.97 Å². The first-order valence-corrected chi connectivity index (χ1v) is 13.2. The molecule has 0 aliphatic heterocycles. The van der Waals surface area contributed by atoms with Gasteiger partial charge in [0.2, 0.25) is 5.69 Å². The first-order chi connectivity index (χ1) is 11.4. The minimum atomic E-state index is -2.33. The molecule has 0 spiro atoms. The first-order valence-electron chi connectivity index (χ1n) is 8.13. The molecule has 0 aromatic carbocycles. The van der Waals surface area contributed by atoms with Gasteiger partial charge in [-0.15, -0.1) is 11.8 Å². The lowest BCUT2D eigenvalue weighted by Gasteiger charge is -2.20. The Morgan fingerprint density at radius 1 is 1.17 bits per heavy atom. The molecular weight excluding hydrogens is 383 g/mol. The Balaban J connectivity index is 2.86. The molecule has 1 aromatic rings. The standard InChI is InChI=1S/C15H27N2O3PS3/c1-6-9-23-21(22,19-8-3)20-11-13-10-14(24-12(4)5)17-15(16-13)18-7-2/h10,12H,6-9,11H2,1-5H3/t21-/m0/s1. The quantitative estimate of drug-likeness (QED) is 0.261. The molecule has 1 rings (SSSR count). The monoisotopic (exact) mass is 410 g/mol. The maximum Gasteiger partial charge on any atom is 0.317 e. The third-order valence-electron chi connectivity index (χ3n) is 2.48. The smallest absolute Gasteiger partial charge is 0.317 e.